The molecule has 0 bridgehead atoms. The molecule has 0 heterocycles. The Bertz CT molecular complexity index is 704. The average Bonchev–Trinajstić information content (AvgIpc) is 2.77. The van der Waals surface area contributed by atoms with Crippen LogP contribution in [0.3, 0.4) is 0 Å². The molecule has 0 unspecified atom stereocenters. The topological polar surface area (TPSA) is 57.2 Å². The second-order valence-electron chi connectivity index (χ2n) is 8.27. The Kier molecular flexibility index (Phi) is 15.5. The third-order valence-electron chi connectivity index (χ3n) is 5.74. The summed E-state index contributed by atoms with van der Waals surface area (Å²) in [5.74, 6) is 0. The van der Waals surface area contributed by atoms with E-state index < -0.39 is 10.1 Å². The molecular formula is C26H45NO3S. The van der Waals surface area contributed by atoms with Crippen LogP contribution in [0.25, 0.3) is 12.2 Å². The van der Waals surface area contributed by atoms with E-state index in [-0.39, 0.29) is 4.90 Å². The van der Waals surface area contributed by atoms with E-state index in [1.165, 1.54) is 106 Å². The van der Waals surface area contributed by atoms with Crippen LogP contribution in [0.1, 0.15) is 90.2 Å². The molecule has 31 heavy (non-hydrogen) atoms. The van der Waals surface area contributed by atoms with E-state index in [9.17, 15) is 13.0 Å². The summed E-state index contributed by atoms with van der Waals surface area (Å²) in [5.41, 5.74) is 0.884. The van der Waals surface area contributed by atoms with Crippen molar-refractivity contribution in [2.45, 2.75) is 84.0 Å². The van der Waals surface area contributed by atoms with Crippen molar-refractivity contribution >= 4 is 22.3 Å². The van der Waals surface area contributed by atoms with Crippen molar-refractivity contribution in [2.75, 3.05) is 26.2 Å². The highest BCUT2D eigenvalue weighted by atomic mass is 32.2. The quantitative estimate of drug-likeness (QED) is 0.216. The molecule has 1 aromatic carbocycles. The Labute approximate surface area is 192 Å². The SMILES string of the molecule is C=Cc1cccc(S(=O)(=O)[O-])c1C=C.CCCC[N+](CCCC)(CCCC)CCCC. The average molecular weight is 452 g/mol. The second kappa shape index (κ2) is 16.2. The van der Waals surface area contributed by atoms with Gasteiger partial charge in [-0.3, -0.25) is 0 Å². The summed E-state index contributed by atoms with van der Waals surface area (Å²) in [6.07, 6.45) is 13.9. The third kappa shape index (κ3) is 11.1. The molecule has 0 aromatic heterocycles. The van der Waals surface area contributed by atoms with Crippen molar-refractivity contribution in [3.63, 3.8) is 0 Å². The number of quaternary nitrogens is 1. The van der Waals surface area contributed by atoms with E-state index in [2.05, 4.69) is 40.9 Å². The Morgan fingerprint density at radius 3 is 1.52 bits per heavy atom. The van der Waals surface area contributed by atoms with Gasteiger partial charge in [-0.05, 0) is 42.9 Å². The molecule has 0 atom stereocenters. The number of hydrogen-bond donors (Lipinski definition) is 0. The van der Waals surface area contributed by atoms with Crippen LogP contribution in [0.4, 0.5) is 0 Å². The van der Waals surface area contributed by atoms with Crippen molar-refractivity contribution < 1.29 is 17.5 Å². The van der Waals surface area contributed by atoms with Crippen molar-refractivity contribution in [2.24, 2.45) is 0 Å². The van der Waals surface area contributed by atoms with Gasteiger partial charge >= 0.3 is 0 Å². The molecular weight excluding hydrogens is 406 g/mol. The fraction of sp³-hybridized carbons (Fsp3) is 0.615. The molecule has 5 heteroatoms. The highest BCUT2D eigenvalue weighted by Crippen LogP contribution is 2.21. The Morgan fingerprint density at radius 1 is 0.806 bits per heavy atom. The van der Waals surface area contributed by atoms with Crippen molar-refractivity contribution in [3.8, 4) is 0 Å². The van der Waals surface area contributed by atoms with E-state index in [4.69, 9.17) is 0 Å². The van der Waals surface area contributed by atoms with Crippen LogP contribution in [-0.4, -0.2) is 43.6 Å². The van der Waals surface area contributed by atoms with Gasteiger partial charge in [-0.15, -0.1) is 0 Å². The van der Waals surface area contributed by atoms with Gasteiger partial charge in [0.15, 0.2) is 0 Å². The predicted molar refractivity (Wildman–Crippen MR) is 134 cm³/mol. The lowest BCUT2D eigenvalue weighted by atomic mass is 10.1. The largest absolute Gasteiger partial charge is 0.744 e. The molecule has 0 radical (unpaired) electrons. The van der Waals surface area contributed by atoms with Crippen molar-refractivity contribution in [3.05, 3.63) is 42.5 Å². The number of nitrogens with zero attached hydrogens (tertiary/aromatic N) is 1. The summed E-state index contributed by atoms with van der Waals surface area (Å²) < 4.78 is 33.9. The Hall–Kier alpha value is -1.43. The highest BCUT2D eigenvalue weighted by molar-refractivity contribution is 7.85. The Morgan fingerprint density at radius 2 is 1.23 bits per heavy atom. The Balaban J connectivity index is 0.000000590. The van der Waals surface area contributed by atoms with Gasteiger partial charge < -0.3 is 9.04 Å². The first-order valence-electron chi connectivity index (χ1n) is 11.9. The van der Waals surface area contributed by atoms with Gasteiger partial charge in [-0.2, -0.15) is 0 Å². The van der Waals surface area contributed by atoms with Crippen LogP contribution in [0, 0.1) is 0 Å². The first-order chi connectivity index (χ1) is 14.7. The monoisotopic (exact) mass is 451 g/mol. The zero-order chi connectivity index (χ0) is 23.8. The molecule has 1 rings (SSSR count). The number of unbranched alkanes of at least 4 members (excludes halogenated alkanes) is 4. The highest BCUT2D eigenvalue weighted by Gasteiger charge is 2.24. The maximum absolute atomic E-state index is 10.8. The van der Waals surface area contributed by atoms with E-state index >= 15 is 0 Å². The second-order valence-corrected chi connectivity index (χ2v) is 9.62. The maximum atomic E-state index is 10.8. The lowest BCUT2D eigenvalue weighted by Gasteiger charge is -2.39. The zero-order valence-corrected chi connectivity index (χ0v) is 21.2. The van der Waals surface area contributed by atoms with Crippen LogP contribution < -0.4 is 0 Å². The van der Waals surface area contributed by atoms with Crippen LogP contribution in [0.15, 0.2) is 36.3 Å². The summed E-state index contributed by atoms with van der Waals surface area (Å²) in [6.45, 7) is 22.0. The molecule has 0 N–H and O–H groups in total. The van der Waals surface area contributed by atoms with Crippen LogP contribution >= 0.6 is 0 Å². The molecule has 0 fully saturated rings. The minimum Gasteiger partial charge on any atom is -0.744 e. The molecule has 0 amide bonds. The van der Waals surface area contributed by atoms with E-state index in [1.807, 2.05) is 0 Å². The number of rotatable bonds is 15. The fourth-order valence-electron chi connectivity index (χ4n) is 3.82. The first-order valence-corrected chi connectivity index (χ1v) is 13.3. The smallest absolute Gasteiger partial charge is 0.125 e. The van der Waals surface area contributed by atoms with Crippen LogP contribution in [-0.2, 0) is 10.1 Å². The molecule has 0 aliphatic rings. The zero-order valence-electron chi connectivity index (χ0n) is 20.4. The molecule has 4 nitrogen and oxygen atoms in total. The summed E-state index contributed by atoms with van der Waals surface area (Å²) in [7, 11) is -4.45. The fourth-order valence-corrected chi connectivity index (χ4v) is 4.54. The lowest BCUT2D eigenvalue weighted by molar-refractivity contribution is -0.929. The molecule has 0 aliphatic heterocycles. The van der Waals surface area contributed by atoms with Gasteiger partial charge in [-0.1, -0.05) is 90.8 Å². The van der Waals surface area contributed by atoms with Crippen molar-refractivity contribution in [1.29, 1.82) is 0 Å². The third-order valence-corrected chi connectivity index (χ3v) is 6.63. The first kappa shape index (κ1) is 29.6. The van der Waals surface area contributed by atoms with Gasteiger partial charge in [0, 0.05) is 0 Å². The molecule has 1 aromatic rings. The molecule has 0 saturated heterocycles. The summed E-state index contributed by atoms with van der Waals surface area (Å²) in [4.78, 5) is -0.259. The summed E-state index contributed by atoms with van der Waals surface area (Å²) >= 11 is 0. The van der Waals surface area contributed by atoms with Gasteiger partial charge in [0.05, 0.1) is 31.1 Å². The van der Waals surface area contributed by atoms with Gasteiger partial charge in [0.1, 0.15) is 10.1 Å². The number of hydrogen-bond acceptors (Lipinski definition) is 3. The van der Waals surface area contributed by atoms with Crippen LogP contribution in [0.5, 0.6) is 0 Å². The van der Waals surface area contributed by atoms with E-state index in [1.54, 1.807) is 6.07 Å². The van der Waals surface area contributed by atoms with Gasteiger partial charge in [0.2, 0.25) is 0 Å². The molecule has 0 spiro atoms. The van der Waals surface area contributed by atoms with Gasteiger partial charge in [-0.25, -0.2) is 8.42 Å². The van der Waals surface area contributed by atoms with Crippen LogP contribution in [0.2, 0.25) is 0 Å². The number of benzene rings is 1. The minimum atomic E-state index is -4.45. The summed E-state index contributed by atoms with van der Waals surface area (Å²) in [5, 5.41) is 0. The minimum absolute atomic E-state index is 0.259. The molecule has 178 valence electrons. The van der Waals surface area contributed by atoms with Gasteiger partial charge in [0.25, 0.3) is 0 Å². The predicted octanol–water partition coefficient (Wildman–Crippen LogP) is 6.88. The maximum Gasteiger partial charge on any atom is 0.125 e. The normalized spacial score (nSPS) is 11.5. The van der Waals surface area contributed by atoms with Crippen molar-refractivity contribution in [1.82, 2.24) is 0 Å². The lowest BCUT2D eigenvalue weighted by Crippen LogP contribution is -2.50. The van der Waals surface area contributed by atoms with E-state index in [0.29, 0.717) is 11.1 Å². The molecule has 0 aliphatic carbocycles. The molecule has 0 saturated carbocycles. The van der Waals surface area contributed by atoms with E-state index in [0.717, 1.165) is 0 Å². The standard InChI is InChI=1S/C16H36N.C10H10O3S/c1-5-9-13-17(14-10-6-2,15-11-7-3)16-12-8-4;1-3-8-6-5-7-10(9(8)4-2)14(11,12)13/h5-16H2,1-4H3;3-7H,1-2H2,(H,11,12,13)/q+1;/p-1. The summed E-state index contributed by atoms with van der Waals surface area (Å²) in [6, 6.07) is 4.42.